The molecule has 21 heavy (non-hydrogen) atoms. The summed E-state index contributed by atoms with van der Waals surface area (Å²) in [5.41, 5.74) is 2.69. The summed E-state index contributed by atoms with van der Waals surface area (Å²) >= 11 is 0. The van der Waals surface area contributed by atoms with E-state index in [1.165, 1.54) is 12.1 Å². The lowest BCUT2D eigenvalue weighted by Gasteiger charge is -2.20. The van der Waals surface area contributed by atoms with Gasteiger partial charge in [0.05, 0.1) is 4.90 Å². The molecule has 0 atom stereocenters. The molecule has 0 fully saturated rings. The van der Waals surface area contributed by atoms with Crippen LogP contribution in [0.1, 0.15) is 27.2 Å². The number of amides is 1. The summed E-state index contributed by atoms with van der Waals surface area (Å²) in [6.45, 7) is 5.63. The molecule has 0 aliphatic heterocycles. The second-order valence-electron chi connectivity index (χ2n) is 5.61. The van der Waals surface area contributed by atoms with E-state index in [0.717, 1.165) is 0 Å². The lowest BCUT2D eigenvalue weighted by Crippen LogP contribution is -2.41. The first-order valence-electron chi connectivity index (χ1n) is 6.51. The predicted molar refractivity (Wildman–Crippen MR) is 82.0 cm³/mol. The van der Waals surface area contributed by atoms with Gasteiger partial charge in [-0.25, -0.2) is 13.1 Å². The average Bonchev–Trinajstić information content (AvgIpc) is 2.36. The van der Waals surface area contributed by atoms with Crippen LogP contribution < -0.4 is 21.3 Å². The molecule has 1 aromatic rings. The van der Waals surface area contributed by atoms with E-state index in [1.54, 1.807) is 12.1 Å². The Bertz CT molecular complexity index is 576. The zero-order valence-electron chi connectivity index (χ0n) is 12.4. The number of rotatable bonds is 6. The third-order valence-corrected chi connectivity index (χ3v) is 3.97. The molecule has 5 N–H and O–H groups in total. The minimum Gasteiger partial charge on any atom is -0.351 e. The molecule has 1 rings (SSSR count). The van der Waals surface area contributed by atoms with Crippen molar-refractivity contribution in [2.75, 3.05) is 12.0 Å². The summed E-state index contributed by atoms with van der Waals surface area (Å²) in [7, 11) is -3.62. The third kappa shape index (κ3) is 6.11. The Kier molecular flexibility index (Phi) is 5.70. The Morgan fingerprint density at radius 2 is 1.76 bits per heavy atom. The number of sulfonamides is 1. The molecule has 118 valence electrons. The van der Waals surface area contributed by atoms with Gasteiger partial charge in [0.25, 0.3) is 0 Å². The van der Waals surface area contributed by atoms with Gasteiger partial charge >= 0.3 is 0 Å². The molecule has 0 unspecified atom stereocenters. The molecular formula is C13H22N4O3S. The van der Waals surface area contributed by atoms with Crippen molar-refractivity contribution in [2.45, 2.75) is 37.6 Å². The largest absolute Gasteiger partial charge is 0.351 e. The maximum Gasteiger partial charge on any atom is 0.240 e. The van der Waals surface area contributed by atoms with Crippen LogP contribution in [0.2, 0.25) is 0 Å². The van der Waals surface area contributed by atoms with Gasteiger partial charge in [-0.1, -0.05) is 0 Å². The fraction of sp³-hybridized carbons (Fsp3) is 0.462. The summed E-state index contributed by atoms with van der Waals surface area (Å²) in [5, 5.41) is 2.76. The first-order chi connectivity index (χ1) is 9.64. The Labute approximate surface area is 125 Å². The van der Waals surface area contributed by atoms with E-state index in [4.69, 9.17) is 5.84 Å². The number of anilines is 1. The van der Waals surface area contributed by atoms with Gasteiger partial charge in [0, 0.05) is 24.2 Å². The predicted octanol–water partition coefficient (Wildman–Crippen LogP) is 0.555. The monoisotopic (exact) mass is 314 g/mol. The van der Waals surface area contributed by atoms with Crippen molar-refractivity contribution in [3.63, 3.8) is 0 Å². The molecule has 1 amide bonds. The minimum atomic E-state index is -3.62. The average molecular weight is 314 g/mol. The molecule has 8 heteroatoms. The van der Waals surface area contributed by atoms with Crippen LogP contribution in [0, 0.1) is 0 Å². The molecule has 0 bridgehead atoms. The standard InChI is InChI=1S/C13H22N4O3S/c1-13(2,3)16-12(18)8-9-15-21(19,20)11-6-4-10(17-14)5-7-11/h4-7,15,17H,8-9,14H2,1-3H3,(H,16,18). The minimum absolute atomic E-state index is 0.0428. The number of benzene rings is 1. The van der Waals surface area contributed by atoms with Gasteiger partial charge in [-0.15, -0.1) is 0 Å². The van der Waals surface area contributed by atoms with E-state index in [2.05, 4.69) is 15.5 Å². The Morgan fingerprint density at radius 3 is 2.24 bits per heavy atom. The third-order valence-electron chi connectivity index (χ3n) is 2.49. The molecule has 0 aliphatic carbocycles. The molecule has 7 nitrogen and oxygen atoms in total. The Morgan fingerprint density at radius 1 is 1.19 bits per heavy atom. The maximum atomic E-state index is 12.0. The lowest BCUT2D eigenvalue weighted by atomic mass is 10.1. The van der Waals surface area contributed by atoms with Gasteiger partial charge in [-0.2, -0.15) is 0 Å². The van der Waals surface area contributed by atoms with Crippen LogP contribution in [-0.2, 0) is 14.8 Å². The Hall–Kier alpha value is -1.64. The number of nitrogens with one attached hydrogen (secondary N) is 3. The maximum absolute atomic E-state index is 12.0. The van der Waals surface area contributed by atoms with Crippen molar-refractivity contribution in [3.8, 4) is 0 Å². The smallest absolute Gasteiger partial charge is 0.240 e. The summed E-state index contributed by atoms with van der Waals surface area (Å²) in [6.07, 6.45) is 0.0823. The molecule has 0 saturated carbocycles. The number of nitrogens with two attached hydrogens (primary N) is 1. The number of hydrogen-bond acceptors (Lipinski definition) is 5. The highest BCUT2D eigenvalue weighted by molar-refractivity contribution is 7.89. The van der Waals surface area contributed by atoms with Gasteiger partial charge in [0.15, 0.2) is 0 Å². The molecule has 0 heterocycles. The van der Waals surface area contributed by atoms with Crippen LogP contribution >= 0.6 is 0 Å². The summed E-state index contributed by atoms with van der Waals surface area (Å²) < 4.78 is 26.4. The molecule has 0 saturated heterocycles. The highest BCUT2D eigenvalue weighted by Gasteiger charge is 2.16. The van der Waals surface area contributed by atoms with E-state index in [0.29, 0.717) is 5.69 Å². The second kappa shape index (κ2) is 6.88. The van der Waals surface area contributed by atoms with Crippen molar-refractivity contribution in [1.29, 1.82) is 0 Å². The van der Waals surface area contributed by atoms with Crippen molar-refractivity contribution < 1.29 is 13.2 Å². The van der Waals surface area contributed by atoms with E-state index >= 15 is 0 Å². The van der Waals surface area contributed by atoms with Crippen LogP contribution in [0.25, 0.3) is 0 Å². The van der Waals surface area contributed by atoms with Gasteiger partial charge in [0.2, 0.25) is 15.9 Å². The SMILES string of the molecule is CC(C)(C)NC(=O)CCNS(=O)(=O)c1ccc(NN)cc1. The summed E-state index contributed by atoms with van der Waals surface area (Å²) in [6, 6.07) is 5.99. The van der Waals surface area contributed by atoms with Gasteiger partial charge in [-0.3, -0.25) is 10.6 Å². The van der Waals surface area contributed by atoms with E-state index in [1.807, 2.05) is 20.8 Å². The van der Waals surface area contributed by atoms with Crippen molar-refractivity contribution in [2.24, 2.45) is 5.84 Å². The number of hydrogen-bond donors (Lipinski definition) is 4. The number of carbonyl (C=O) groups is 1. The molecule has 0 aromatic heterocycles. The van der Waals surface area contributed by atoms with Crippen LogP contribution in [0.4, 0.5) is 5.69 Å². The van der Waals surface area contributed by atoms with E-state index in [-0.39, 0.29) is 29.3 Å². The lowest BCUT2D eigenvalue weighted by molar-refractivity contribution is -0.122. The van der Waals surface area contributed by atoms with Gasteiger partial charge < -0.3 is 10.7 Å². The molecule has 0 radical (unpaired) electrons. The zero-order chi connectivity index (χ0) is 16.1. The molecular weight excluding hydrogens is 292 g/mol. The van der Waals surface area contributed by atoms with Crippen molar-refractivity contribution in [1.82, 2.24) is 10.0 Å². The fourth-order valence-corrected chi connectivity index (χ4v) is 2.63. The molecule has 0 aliphatic rings. The fourth-order valence-electron chi connectivity index (χ4n) is 1.59. The van der Waals surface area contributed by atoms with Crippen molar-refractivity contribution >= 4 is 21.6 Å². The number of hydrazine groups is 1. The summed E-state index contributed by atoms with van der Waals surface area (Å²) in [4.78, 5) is 11.7. The second-order valence-corrected chi connectivity index (χ2v) is 7.38. The van der Waals surface area contributed by atoms with Crippen LogP contribution in [0.15, 0.2) is 29.2 Å². The molecule has 0 spiro atoms. The van der Waals surface area contributed by atoms with Crippen LogP contribution in [0.5, 0.6) is 0 Å². The van der Waals surface area contributed by atoms with Crippen LogP contribution in [-0.4, -0.2) is 26.4 Å². The first kappa shape index (κ1) is 17.4. The van der Waals surface area contributed by atoms with Gasteiger partial charge in [0.1, 0.15) is 0 Å². The van der Waals surface area contributed by atoms with E-state index < -0.39 is 10.0 Å². The van der Waals surface area contributed by atoms with Gasteiger partial charge in [-0.05, 0) is 45.0 Å². The number of nitrogen functional groups attached to an aromatic ring is 1. The quantitative estimate of drug-likeness (QED) is 0.452. The highest BCUT2D eigenvalue weighted by Crippen LogP contribution is 2.12. The summed E-state index contributed by atoms with van der Waals surface area (Å²) in [5.74, 6) is 5.01. The Balaban J connectivity index is 2.55. The highest BCUT2D eigenvalue weighted by atomic mass is 32.2. The topological polar surface area (TPSA) is 113 Å². The number of carbonyl (C=O) groups excluding carboxylic acids is 1. The zero-order valence-corrected chi connectivity index (χ0v) is 13.3. The molecule has 1 aromatic carbocycles. The van der Waals surface area contributed by atoms with Crippen molar-refractivity contribution in [3.05, 3.63) is 24.3 Å². The van der Waals surface area contributed by atoms with Crippen LogP contribution in [0.3, 0.4) is 0 Å². The normalized spacial score (nSPS) is 12.0. The first-order valence-corrected chi connectivity index (χ1v) is 8.00. The van der Waals surface area contributed by atoms with E-state index in [9.17, 15) is 13.2 Å².